The quantitative estimate of drug-likeness (QED) is 0.871. The number of aryl methyl sites for hydroxylation is 1. The predicted octanol–water partition coefficient (Wildman–Crippen LogP) is 2.40. The van der Waals surface area contributed by atoms with E-state index in [2.05, 4.69) is 24.1 Å². The molecular formula is C13H21N3O. The van der Waals surface area contributed by atoms with Crippen LogP contribution in [-0.4, -0.2) is 15.1 Å². The van der Waals surface area contributed by atoms with Crippen LogP contribution in [0.5, 0.6) is 0 Å². The summed E-state index contributed by atoms with van der Waals surface area (Å²) in [5, 5.41) is 3.34. The molecule has 0 radical (unpaired) electrons. The fraction of sp³-hybridized carbons (Fsp3) is 0.692. The lowest BCUT2D eigenvalue weighted by molar-refractivity contribution is 0.527. The molecule has 0 amide bonds. The minimum absolute atomic E-state index is 0.00229. The third-order valence-corrected chi connectivity index (χ3v) is 3.51. The third kappa shape index (κ3) is 2.68. The van der Waals surface area contributed by atoms with Gasteiger partial charge in [0.2, 0.25) is 0 Å². The van der Waals surface area contributed by atoms with Gasteiger partial charge in [0, 0.05) is 24.5 Å². The number of anilines is 1. The van der Waals surface area contributed by atoms with Gasteiger partial charge in [-0.3, -0.25) is 4.79 Å². The van der Waals surface area contributed by atoms with E-state index in [4.69, 9.17) is 0 Å². The van der Waals surface area contributed by atoms with E-state index in [1.165, 1.54) is 12.8 Å². The van der Waals surface area contributed by atoms with Gasteiger partial charge in [0.15, 0.2) is 5.82 Å². The van der Waals surface area contributed by atoms with Crippen LogP contribution in [0.25, 0.3) is 0 Å². The minimum atomic E-state index is 0.00229. The van der Waals surface area contributed by atoms with E-state index in [1.54, 1.807) is 17.0 Å². The standard InChI is InChI=1S/C13H21N3O/c1-3-9-16-10-8-14-11(12(16)17)15-13(2)6-4-5-7-13/h8,10H,3-7,9H2,1-2H3,(H,14,15). The summed E-state index contributed by atoms with van der Waals surface area (Å²) in [6.45, 7) is 5.00. The van der Waals surface area contributed by atoms with Crippen LogP contribution >= 0.6 is 0 Å². The first-order valence-electron chi connectivity index (χ1n) is 6.48. The number of nitrogens with one attached hydrogen (secondary N) is 1. The summed E-state index contributed by atoms with van der Waals surface area (Å²) < 4.78 is 1.73. The zero-order chi connectivity index (χ0) is 12.3. The molecule has 0 atom stereocenters. The fourth-order valence-electron chi connectivity index (χ4n) is 2.52. The molecule has 1 N–H and O–H groups in total. The third-order valence-electron chi connectivity index (χ3n) is 3.51. The molecule has 4 heteroatoms. The van der Waals surface area contributed by atoms with Crippen molar-refractivity contribution in [3.63, 3.8) is 0 Å². The maximum absolute atomic E-state index is 12.1. The van der Waals surface area contributed by atoms with Crippen LogP contribution in [0.1, 0.15) is 46.0 Å². The van der Waals surface area contributed by atoms with E-state index in [0.29, 0.717) is 5.82 Å². The molecule has 1 aromatic heterocycles. The summed E-state index contributed by atoms with van der Waals surface area (Å²) in [7, 11) is 0. The van der Waals surface area contributed by atoms with Crippen LogP contribution in [0, 0.1) is 0 Å². The fourth-order valence-corrected chi connectivity index (χ4v) is 2.52. The topological polar surface area (TPSA) is 46.9 Å². The highest BCUT2D eigenvalue weighted by molar-refractivity contribution is 5.35. The second-order valence-corrected chi connectivity index (χ2v) is 5.17. The largest absolute Gasteiger partial charge is 0.360 e. The first-order valence-corrected chi connectivity index (χ1v) is 6.48. The maximum atomic E-state index is 12.1. The first-order chi connectivity index (χ1) is 8.14. The lowest BCUT2D eigenvalue weighted by Crippen LogP contribution is -2.36. The Morgan fingerprint density at radius 1 is 1.47 bits per heavy atom. The average molecular weight is 235 g/mol. The van der Waals surface area contributed by atoms with Gasteiger partial charge >= 0.3 is 0 Å². The van der Waals surface area contributed by atoms with Crippen LogP contribution in [0.2, 0.25) is 0 Å². The molecule has 0 unspecified atom stereocenters. The highest BCUT2D eigenvalue weighted by Crippen LogP contribution is 2.31. The van der Waals surface area contributed by atoms with Crippen molar-refractivity contribution >= 4 is 5.82 Å². The number of aromatic nitrogens is 2. The highest BCUT2D eigenvalue weighted by Gasteiger charge is 2.29. The molecule has 0 spiro atoms. The van der Waals surface area contributed by atoms with Crippen LogP contribution in [0.15, 0.2) is 17.2 Å². The first kappa shape index (κ1) is 12.1. The molecule has 1 fully saturated rings. The molecule has 1 aliphatic carbocycles. The molecular weight excluding hydrogens is 214 g/mol. The molecule has 0 bridgehead atoms. The van der Waals surface area contributed by atoms with E-state index in [1.807, 2.05) is 0 Å². The molecule has 1 saturated carbocycles. The van der Waals surface area contributed by atoms with Crippen LogP contribution in [0.4, 0.5) is 5.82 Å². The zero-order valence-corrected chi connectivity index (χ0v) is 10.7. The van der Waals surface area contributed by atoms with Crippen molar-refractivity contribution in [1.82, 2.24) is 9.55 Å². The summed E-state index contributed by atoms with van der Waals surface area (Å²) in [6.07, 6.45) is 9.14. The van der Waals surface area contributed by atoms with Gasteiger partial charge < -0.3 is 9.88 Å². The second-order valence-electron chi connectivity index (χ2n) is 5.17. The molecule has 4 nitrogen and oxygen atoms in total. The summed E-state index contributed by atoms with van der Waals surface area (Å²) in [5.74, 6) is 0.505. The van der Waals surface area contributed by atoms with Gasteiger partial charge in [-0.15, -0.1) is 0 Å². The van der Waals surface area contributed by atoms with Gasteiger partial charge in [0.05, 0.1) is 0 Å². The Kier molecular flexibility index (Phi) is 3.50. The van der Waals surface area contributed by atoms with Gasteiger partial charge in [0.25, 0.3) is 5.56 Å². The normalized spacial score (nSPS) is 18.2. The lowest BCUT2D eigenvalue weighted by atomic mass is 10.0. The molecule has 17 heavy (non-hydrogen) atoms. The van der Waals surface area contributed by atoms with Gasteiger partial charge in [-0.2, -0.15) is 0 Å². The van der Waals surface area contributed by atoms with E-state index >= 15 is 0 Å². The molecule has 94 valence electrons. The number of rotatable bonds is 4. The van der Waals surface area contributed by atoms with Gasteiger partial charge in [-0.05, 0) is 26.2 Å². The van der Waals surface area contributed by atoms with Crippen molar-refractivity contribution in [2.75, 3.05) is 5.32 Å². The van der Waals surface area contributed by atoms with E-state index in [0.717, 1.165) is 25.8 Å². The van der Waals surface area contributed by atoms with E-state index in [-0.39, 0.29) is 11.1 Å². The van der Waals surface area contributed by atoms with E-state index in [9.17, 15) is 4.79 Å². The minimum Gasteiger partial charge on any atom is -0.360 e. The number of hydrogen-bond donors (Lipinski definition) is 1. The number of nitrogens with zero attached hydrogens (tertiary/aromatic N) is 2. The number of hydrogen-bond acceptors (Lipinski definition) is 3. The summed E-state index contributed by atoms with van der Waals surface area (Å²) in [6, 6.07) is 0. The molecule has 1 aliphatic rings. The Morgan fingerprint density at radius 3 is 2.82 bits per heavy atom. The van der Waals surface area contributed by atoms with Crippen molar-refractivity contribution in [3.05, 3.63) is 22.7 Å². The monoisotopic (exact) mass is 235 g/mol. The Balaban J connectivity index is 2.21. The van der Waals surface area contributed by atoms with Crippen LogP contribution in [-0.2, 0) is 6.54 Å². The molecule has 2 rings (SSSR count). The molecule has 1 aromatic rings. The Hall–Kier alpha value is -1.32. The van der Waals surface area contributed by atoms with Crippen molar-refractivity contribution < 1.29 is 0 Å². The molecule has 0 aliphatic heterocycles. The summed E-state index contributed by atoms with van der Waals surface area (Å²) >= 11 is 0. The van der Waals surface area contributed by atoms with Crippen LogP contribution in [0.3, 0.4) is 0 Å². The summed E-state index contributed by atoms with van der Waals surface area (Å²) in [5.41, 5.74) is 0.0554. The SMILES string of the molecule is CCCn1ccnc(NC2(C)CCCC2)c1=O. The Labute approximate surface area is 102 Å². The maximum Gasteiger partial charge on any atom is 0.293 e. The Bertz CT molecular complexity index is 433. The Morgan fingerprint density at radius 2 is 2.18 bits per heavy atom. The molecule has 0 saturated heterocycles. The van der Waals surface area contributed by atoms with Gasteiger partial charge in [-0.25, -0.2) is 4.98 Å². The van der Waals surface area contributed by atoms with E-state index < -0.39 is 0 Å². The smallest absolute Gasteiger partial charge is 0.293 e. The highest BCUT2D eigenvalue weighted by atomic mass is 16.1. The van der Waals surface area contributed by atoms with Gasteiger partial charge in [0.1, 0.15) is 0 Å². The predicted molar refractivity (Wildman–Crippen MR) is 69.3 cm³/mol. The molecule has 0 aromatic carbocycles. The molecule has 1 heterocycles. The van der Waals surface area contributed by atoms with Crippen molar-refractivity contribution in [2.45, 2.75) is 58.0 Å². The van der Waals surface area contributed by atoms with Gasteiger partial charge in [-0.1, -0.05) is 19.8 Å². The average Bonchev–Trinajstić information content (AvgIpc) is 2.71. The summed E-state index contributed by atoms with van der Waals surface area (Å²) in [4.78, 5) is 16.3. The van der Waals surface area contributed by atoms with Crippen molar-refractivity contribution in [2.24, 2.45) is 0 Å². The zero-order valence-electron chi connectivity index (χ0n) is 10.7. The van der Waals surface area contributed by atoms with Crippen molar-refractivity contribution in [3.8, 4) is 0 Å². The lowest BCUT2D eigenvalue weighted by Gasteiger charge is -2.25. The van der Waals surface area contributed by atoms with Crippen molar-refractivity contribution in [1.29, 1.82) is 0 Å². The second kappa shape index (κ2) is 4.90. The van der Waals surface area contributed by atoms with Crippen LogP contribution < -0.4 is 10.9 Å².